The van der Waals surface area contributed by atoms with Gasteiger partial charge in [-0.25, -0.2) is 9.98 Å². The van der Waals surface area contributed by atoms with Crippen LogP contribution in [0.5, 0.6) is 5.75 Å². The molecular weight excluding hydrogens is 360 g/mol. The Bertz CT molecular complexity index is 721. The second kappa shape index (κ2) is 10.3. The maximum absolute atomic E-state index is 10.4. The van der Waals surface area contributed by atoms with Crippen molar-refractivity contribution in [2.75, 3.05) is 13.1 Å². The third-order valence-corrected chi connectivity index (χ3v) is 4.95. The smallest absolute Gasteiger partial charge is 0.191 e. The molecule has 0 spiro atoms. The van der Waals surface area contributed by atoms with Crippen molar-refractivity contribution in [2.24, 2.45) is 4.99 Å². The van der Waals surface area contributed by atoms with Gasteiger partial charge in [-0.05, 0) is 52.3 Å². The van der Waals surface area contributed by atoms with E-state index in [4.69, 9.17) is 4.74 Å². The molecule has 0 aliphatic rings. The predicted molar refractivity (Wildman–Crippen MR) is 112 cm³/mol. The fourth-order valence-electron chi connectivity index (χ4n) is 2.45. The lowest BCUT2D eigenvalue weighted by Gasteiger charge is -2.16. The third-order valence-electron chi connectivity index (χ3n) is 3.89. The summed E-state index contributed by atoms with van der Waals surface area (Å²) in [5.41, 5.74) is 1.89. The molecule has 2 rings (SSSR count). The molecule has 1 aromatic carbocycles. The molecule has 0 saturated carbocycles. The number of aliphatic hydroxyl groups is 1. The van der Waals surface area contributed by atoms with Gasteiger partial charge in [0.25, 0.3) is 0 Å². The minimum absolute atomic E-state index is 0.131. The molecule has 1 atom stereocenters. The molecule has 148 valence electrons. The molecule has 0 amide bonds. The van der Waals surface area contributed by atoms with Crippen LogP contribution in [0.2, 0.25) is 0 Å². The molecule has 0 aliphatic heterocycles. The fraction of sp³-hybridized carbons (Fsp3) is 0.500. The number of hydrogen-bond acceptors (Lipinski definition) is 5. The van der Waals surface area contributed by atoms with Crippen LogP contribution in [0.3, 0.4) is 0 Å². The predicted octanol–water partition coefficient (Wildman–Crippen LogP) is 3.34. The molecule has 7 heteroatoms. The summed E-state index contributed by atoms with van der Waals surface area (Å²) >= 11 is 1.67. The Hall–Kier alpha value is -2.12. The quantitative estimate of drug-likeness (QED) is 0.476. The number of rotatable bonds is 8. The lowest BCUT2D eigenvalue weighted by atomic mass is 10.1. The largest absolute Gasteiger partial charge is 0.491 e. The van der Waals surface area contributed by atoms with Crippen molar-refractivity contribution < 1.29 is 9.84 Å². The second-order valence-electron chi connectivity index (χ2n) is 6.58. The Labute approximate surface area is 165 Å². The molecule has 0 saturated heterocycles. The first-order valence-electron chi connectivity index (χ1n) is 9.28. The van der Waals surface area contributed by atoms with Gasteiger partial charge in [-0.15, -0.1) is 11.3 Å². The third kappa shape index (κ3) is 6.84. The molecule has 1 aromatic heterocycles. The Morgan fingerprint density at radius 2 is 1.93 bits per heavy atom. The van der Waals surface area contributed by atoms with E-state index in [1.807, 2.05) is 52.0 Å². The molecule has 0 fully saturated rings. The number of aliphatic imine (C=N–C) groups is 1. The number of ether oxygens (including phenoxy) is 1. The highest BCUT2D eigenvalue weighted by atomic mass is 32.1. The van der Waals surface area contributed by atoms with E-state index >= 15 is 0 Å². The number of hydrogen-bond donors (Lipinski definition) is 3. The summed E-state index contributed by atoms with van der Waals surface area (Å²) in [5.74, 6) is 1.47. The summed E-state index contributed by atoms with van der Waals surface area (Å²) in [6.07, 6.45) is -0.502. The zero-order valence-electron chi connectivity index (χ0n) is 16.7. The molecule has 27 heavy (non-hydrogen) atoms. The normalized spacial score (nSPS) is 12.9. The standard InChI is InChI=1S/C20H30N4O2S/c1-6-21-20(23-12-19-24-14(4)15(5)27-19)22-11-18(25)16-7-9-17(10-8-16)26-13(2)3/h7-10,13,18,25H,6,11-12H2,1-5H3,(H2,21,22,23). The van der Waals surface area contributed by atoms with Crippen LogP contribution in [0.4, 0.5) is 0 Å². The minimum Gasteiger partial charge on any atom is -0.491 e. The maximum Gasteiger partial charge on any atom is 0.191 e. The van der Waals surface area contributed by atoms with Crippen LogP contribution in [-0.4, -0.2) is 35.2 Å². The summed E-state index contributed by atoms with van der Waals surface area (Å²) in [6, 6.07) is 7.53. The average Bonchev–Trinajstić information content (AvgIpc) is 2.95. The highest BCUT2D eigenvalue weighted by Gasteiger charge is 2.10. The monoisotopic (exact) mass is 390 g/mol. The Morgan fingerprint density at radius 3 is 2.48 bits per heavy atom. The number of aliphatic hydroxyl groups excluding tert-OH is 1. The van der Waals surface area contributed by atoms with Gasteiger partial charge in [0.1, 0.15) is 10.8 Å². The molecule has 0 aliphatic carbocycles. The van der Waals surface area contributed by atoms with Crippen LogP contribution in [0, 0.1) is 13.8 Å². The number of thiazole rings is 1. The number of aromatic nitrogens is 1. The van der Waals surface area contributed by atoms with Crippen LogP contribution in [0.15, 0.2) is 29.3 Å². The van der Waals surface area contributed by atoms with E-state index in [2.05, 4.69) is 27.5 Å². The molecule has 3 N–H and O–H groups in total. The van der Waals surface area contributed by atoms with E-state index in [9.17, 15) is 5.11 Å². The van der Waals surface area contributed by atoms with Crippen molar-refractivity contribution in [1.29, 1.82) is 0 Å². The molecule has 1 heterocycles. The first-order valence-corrected chi connectivity index (χ1v) is 10.1. The minimum atomic E-state index is -0.633. The zero-order chi connectivity index (χ0) is 19.8. The maximum atomic E-state index is 10.4. The highest BCUT2D eigenvalue weighted by molar-refractivity contribution is 7.11. The van der Waals surface area contributed by atoms with Crippen LogP contribution < -0.4 is 15.4 Å². The Morgan fingerprint density at radius 1 is 1.22 bits per heavy atom. The van der Waals surface area contributed by atoms with Gasteiger partial charge in [0.15, 0.2) is 5.96 Å². The summed E-state index contributed by atoms with van der Waals surface area (Å²) in [7, 11) is 0. The van der Waals surface area contributed by atoms with Crippen LogP contribution in [0.25, 0.3) is 0 Å². The molecule has 0 bridgehead atoms. The number of nitrogens with one attached hydrogen (secondary N) is 2. The van der Waals surface area contributed by atoms with Gasteiger partial charge in [0, 0.05) is 18.0 Å². The lowest BCUT2D eigenvalue weighted by molar-refractivity contribution is 0.180. The van der Waals surface area contributed by atoms with Crippen LogP contribution >= 0.6 is 11.3 Å². The average molecular weight is 391 g/mol. The van der Waals surface area contributed by atoms with Gasteiger partial charge in [-0.2, -0.15) is 0 Å². The Balaban J connectivity index is 1.92. The van der Waals surface area contributed by atoms with Gasteiger partial charge >= 0.3 is 0 Å². The lowest BCUT2D eigenvalue weighted by Crippen LogP contribution is -2.39. The summed E-state index contributed by atoms with van der Waals surface area (Å²) in [6.45, 7) is 11.7. The Kier molecular flexibility index (Phi) is 8.06. The van der Waals surface area contributed by atoms with Crippen molar-refractivity contribution in [3.63, 3.8) is 0 Å². The number of guanidine groups is 1. The first kappa shape index (κ1) is 21.2. The van der Waals surface area contributed by atoms with Gasteiger partial charge in [0.2, 0.25) is 0 Å². The van der Waals surface area contributed by atoms with E-state index in [0.29, 0.717) is 19.0 Å². The van der Waals surface area contributed by atoms with Gasteiger partial charge in [0.05, 0.1) is 24.4 Å². The number of aryl methyl sites for hydroxylation is 2. The highest BCUT2D eigenvalue weighted by Crippen LogP contribution is 2.19. The van der Waals surface area contributed by atoms with Crippen LogP contribution in [0.1, 0.15) is 48.0 Å². The van der Waals surface area contributed by atoms with E-state index in [0.717, 1.165) is 28.6 Å². The van der Waals surface area contributed by atoms with Crippen molar-refractivity contribution in [2.45, 2.75) is 53.4 Å². The molecule has 2 aromatic rings. The van der Waals surface area contributed by atoms with E-state index in [1.54, 1.807) is 11.3 Å². The summed E-state index contributed by atoms with van der Waals surface area (Å²) in [5, 5.41) is 17.8. The van der Waals surface area contributed by atoms with Gasteiger partial charge < -0.3 is 20.5 Å². The van der Waals surface area contributed by atoms with E-state index < -0.39 is 6.10 Å². The van der Waals surface area contributed by atoms with E-state index in [1.165, 1.54) is 4.88 Å². The molecular formula is C20H30N4O2S. The number of benzene rings is 1. The molecule has 1 unspecified atom stereocenters. The van der Waals surface area contributed by atoms with Crippen LogP contribution in [-0.2, 0) is 6.54 Å². The van der Waals surface area contributed by atoms with Crippen molar-refractivity contribution in [1.82, 2.24) is 15.6 Å². The number of nitrogens with zero attached hydrogens (tertiary/aromatic N) is 2. The zero-order valence-corrected chi connectivity index (χ0v) is 17.6. The van der Waals surface area contributed by atoms with Crippen molar-refractivity contribution >= 4 is 17.3 Å². The van der Waals surface area contributed by atoms with Gasteiger partial charge in [-0.3, -0.25) is 0 Å². The molecule has 0 radical (unpaired) electrons. The fourth-order valence-corrected chi connectivity index (χ4v) is 3.31. The first-order chi connectivity index (χ1) is 12.9. The SMILES string of the molecule is CCNC(=NCc1nc(C)c(C)s1)NCC(O)c1ccc(OC(C)C)cc1. The van der Waals surface area contributed by atoms with Crippen molar-refractivity contribution in [3.8, 4) is 5.75 Å². The summed E-state index contributed by atoms with van der Waals surface area (Å²) < 4.78 is 5.63. The second-order valence-corrected chi connectivity index (χ2v) is 7.86. The van der Waals surface area contributed by atoms with Crippen molar-refractivity contribution in [3.05, 3.63) is 45.4 Å². The van der Waals surface area contributed by atoms with E-state index in [-0.39, 0.29) is 6.10 Å². The molecule has 6 nitrogen and oxygen atoms in total. The summed E-state index contributed by atoms with van der Waals surface area (Å²) in [4.78, 5) is 10.3. The topological polar surface area (TPSA) is 78.8 Å². The van der Waals surface area contributed by atoms with Gasteiger partial charge in [-0.1, -0.05) is 12.1 Å².